The van der Waals surface area contributed by atoms with Crippen molar-refractivity contribution in [3.63, 3.8) is 0 Å². The Hall–Kier alpha value is -2.00. The standard InChI is InChI=1S/C14H20N6O2S/c1-11-15-17-18-20(11)14-9-5-6-12(10-14)16-23(21,22)19(2)13-7-3-4-8-13/h5-6,9-10,13,16H,3-4,7-8H2,1-2H3. The van der Waals surface area contributed by atoms with Crippen LogP contribution >= 0.6 is 0 Å². The van der Waals surface area contributed by atoms with Crippen molar-refractivity contribution in [2.45, 2.75) is 38.6 Å². The van der Waals surface area contributed by atoms with Gasteiger partial charge >= 0.3 is 10.2 Å². The molecule has 0 spiro atoms. The average Bonchev–Trinajstić information content (AvgIpc) is 3.17. The fourth-order valence-corrected chi connectivity index (χ4v) is 4.03. The molecule has 1 heterocycles. The highest BCUT2D eigenvalue weighted by Gasteiger charge is 2.28. The molecule has 0 bridgehead atoms. The van der Waals surface area contributed by atoms with Crippen molar-refractivity contribution in [3.8, 4) is 5.69 Å². The van der Waals surface area contributed by atoms with Crippen LogP contribution in [0, 0.1) is 6.92 Å². The topological polar surface area (TPSA) is 93.0 Å². The molecule has 1 aliphatic rings. The number of tetrazole rings is 1. The maximum Gasteiger partial charge on any atom is 0.301 e. The number of hydrogen-bond acceptors (Lipinski definition) is 5. The molecule has 0 radical (unpaired) electrons. The van der Waals surface area contributed by atoms with Crippen molar-refractivity contribution in [1.29, 1.82) is 0 Å². The Morgan fingerprint density at radius 2 is 2.04 bits per heavy atom. The molecule has 3 rings (SSSR count). The Balaban J connectivity index is 1.81. The van der Waals surface area contributed by atoms with E-state index < -0.39 is 10.2 Å². The van der Waals surface area contributed by atoms with Crippen molar-refractivity contribution in [2.75, 3.05) is 11.8 Å². The van der Waals surface area contributed by atoms with Gasteiger partial charge in [0.05, 0.1) is 11.4 Å². The molecule has 2 aromatic rings. The van der Waals surface area contributed by atoms with Crippen LogP contribution in [-0.2, 0) is 10.2 Å². The van der Waals surface area contributed by atoms with Crippen LogP contribution in [0.5, 0.6) is 0 Å². The summed E-state index contributed by atoms with van der Waals surface area (Å²) in [7, 11) is -1.94. The summed E-state index contributed by atoms with van der Waals surface area (Å²) in [6.07, 6.45) is 4.00. The second kappa shape index (κ2) is 6.25. The highest BCUT2D eigenvalue weighted by Crippen LogP contribution is 2.25. The van der Waals surface area contributed by atoms with Gasteiger partial charge in [0, 0.05) is 13.1 Å². The van der Waals surface area contributed by atoms with E-state index in [0.717, 1.165) is 25.7 Å². The summed E-state index contributed by atoms with van der Waals surface area (Å²) in [5.41, 5.74) is 1.19. The molecule has 1 N–H and O–H groups in total. The lowest BCUT2D eigenvalue weighted by molar-refractivity contribution is 0.376. The molecule has 1 aromatic heterocycles. The summed E-state index contributed by atoms with van der Waals surface area (Å²) in [6, 6.07) is 7.09. The molecule has 0 unspecified atom stereocenters. The van der Waals surface area contributed by atoms with Gasteiger partial charge in [-0.05, 0) is 48.4 Å². The van der Waals surface area contributed by atoms with E-state index >= 15 is 0 Å². The summed E-state index contributed by atoms with van der Waals surface area (Å²) < 4.78 is 30.7. The SMILES string of the molecule is Cc1nnnn1-c1cccc(NS(=O)(=O)N(C)C2CCCC2)c1. The van der Waals surface area contributed by atoms with E-state index in [9.17, 15) is 8.42 Å². The largest absolute Gasteiger partial charge is 0.301 e. The van der Waals surface area contributed by atoms with Gasteiger partial charge in [-0.15, -0.1) is 5.10 Å². The van der Waals surface area contributed by atoms with E-state index in [1.165, 1.54) is 4.31 Å². The van der Waals surface area contributed by atoms with Gasteiger partial charge in [0.1, 0.15) is 0 Å². The van der Waals surface area contributed by atoms with E-state index in [2.05, 4.69) is 20.2 Å². The molecular formula is C14H20N6O2S. The summed E-state index contributed by atoms with van der Waals surface area (Å²) in [5.74, 6) is 0.632. The van der Waals surface area contributed by atoms with Gasteiger partial charge in [-0.2, -0.15) is 17.4 Å². The Kier molecular flexibility index (Phi) is 4.31. The first-order valence-electron chi connectivity index (χ1n) is 7.58. The molecule has 9 heteroatoms. The van der Waals surface area contributed by atoms with Gasteiger partial charge in [-0.25, -0.2) is 0 Å². The molecular weight excluding hydrogens is 316 g/mol. The first kappa shape index (κ1) is 15.9. The summed E-state index contributed by atoms with van der Waals surface area (Å²) in [6.45, 7) is 1.78. The molecule has 0 saturated heterocycles. The second-order valence-electron chi connectivity index (χ2n) is 5.75. The number of aryl methyl sites for hydroxylation is 1. The van der Waals surface area contributed by atoms with Crippen molar-refractivity contribution >= 4 is 15.9 Å². The first-order valence-corrected chi connectivity index (χ1v) is 9.02. The van der Waals surface area contributed by atoms with Crippen LogP contribution in [-0.4, -0.2) is 46.0 Å². The monoisotopic (exact) mass is 336 g/mol. The Bertz CT molecular complexity index is 782. The number of nitrogens with one attached hydrogen (secondary N) is 1. The second-order valence-corrected chi connectivity index (χ2v) is 7.48. The molecule has 124 valence electrons. The van der Waals surface area contributed by atoms with Crippen LogP contribution in [0.4, 0.5) is 5.69 Å². The van der Waals surface area contributed by atoms with Crippen LogP contribution < -0.4 is 4.72 Å². The van der Waals surface area contributed by atoms with Crippen LogP contribution in [0.3, 0.4) is 0 Å². The normalized spacial score (nSPS) is 16.1. The lowest BCUT2D eigenvalue weighted by Crippen LogP contribution is -2.39. The minimum absolute atomic E-state index is 0.0810. The van der Waals surface area contributed by atoms with Gasteiger partial charge in [0.25, 0.3) is 0 Å². The van der Waals surface area contributed by atoms with Crippen LogP contribution in [0.25, 0.3) is 5.69 Å². The first-order chi connectivity index (χ1) is 11.0. The lowest BCUT2D eigenvalue weighted by Gasteiger charge is -2.24. The fourth-order valence-electron chi connectivity index (χ4n) is 2.86. The van der Waals surface area contributed by atoms with Gasteiger partial charge < -0.3 is 0 Å². The molecule has 8 nitrogen and oxygen atoms in total. The molecule has 23 heavy (non-hydrogen) atoms. The summed E-state index contributed by atoms with van der Waals surface area (Å²) in [5, 5.41) is 11.3. The smallest absolute Gasteiger partial charge is 0.271 e. The Morgan fingerprint density at radius 3 is 2.70 bits per heavy atom. The van der Waals surface area contributed by atoms with Crippen LogP contribution in [0.15, 0.2) is 24.3 Å². The van der Waals surface area contributed by atoms with Crippen molar-refractivity contribution in [2.24, 2.45) is 0 Å². The molecule has 0 aliphatic heterocycles. The van der Waals surface area contributed by atoms with Crippen LogP contribution in [0.2, 0.25) is 0 Å². The molecule has 1 aromatic carbocycles. The number of benzene rings is 1. The predicted octanol–water partition coefficient (Wildman–Crippen LogP) is 1.50. The third-order valence-corrected chi connectivity index (χ3v) is 5.73. The van der Waals surface area contributed by atoms with Crippen molar-refractivity contribution in [3.05, 3.63) is 30.1 Å². The average molecular weight is 336 g/mol. The third-order valence-electron chi connectivity index (χ3n) is 4.18. The van der Waals surface area contributed by atoms with Crippen molar-refractivity contribution in [1.82, 2.24) is 24.5 Å². The quantitative estimate of drug-likeness (QED) is 0.893. The van der Waals surface area contributed by atoms with Gasteiger partial charge in [0.2, 0.25) is 0 Å². The molecule has 0 amide bonds. The number of nitrogens with zero attached hydrogens (tertiary/aromatic N) is 5. The molecule has 0 atom stereocenters. The van der Waals surface area contributed by atoms with Gasteiger partial charge in [-0.1, -0.05) is 18.9 Å². The zero-order chi connectivity index (χ0) is 16.4. The Morgan fingerprint density at radius 1 is 1.30 bits per heavy atom. The summed E-state index contributed by atoms with van der Waals surface area (Å²) >= 11 is 0. The maximum atomic E-state index is 12.5. The highest BCUT2D eigenvalue weighted by atomic mass is 32.2. The van der Waals surface area contributed by atoms with Crippen LogP contribution in [0.1, 0.15) is 31.5 Å². The zero-order valence-corrected chi connectivity index (χ0v) is 14.0. The molecule has 1 aliphatic carbocycles. The number of rotatable bonds is 5. The van der Waals surface area contributed by atoms with E-state index in [1.54, 1.807) is 36.9 Å². The van der Waals surface area contributed by atoms with E-state index in [-0.39, 0.29) is 6.04 Å². The zero-order valence-electron chi connectivity index (χ0n) is 13.2. The molecule has 1 fully saturated rings. The minimum atomic E-state index is -3.57. The highest BCUT2D eigenvalue weighted by molar-refractivity contribution is 7.90. The van der Waals surface area contributed by atoms with Gasteiger partial charge in [-0.3, -0.25) is 4.72 Å². The van der Waals surface area contributed by atoms with E-state index in [4.69, 9.17) is 0 Å². The Labute approximate surface area is 135 Å². The molecule has 1 saturated carbocycles. The number of aromatic nitrogens is 4. The number of hydrogen-bond donors (Lipinski definition) is 1. The fraction of sp³-hybridized carbons (Fsp3) is 0.500. The minimum Gasteiger partial charge on any atom is -0.271 e. The maximum absolute atomic E-state index is 12.5. The number of anilines is 1. The van der Waals surface area contributed by atoms with Crippen molar-refractivity contribution < 1.29 is 8.42 Å². The third kappa shape index (κ3) is 3.35. The summed E-state index contributed by atoms with van der Waals surface area (Å²) in [4.78, 5) is 0. The lowest BCUT2D eigenvalue weighted by atomic mass is 10.3. The predicted molar refractivity (Wildman–Crippen MR) is 86.5 cm³/mol. The van der Waals surface area contributed by atoms with Gasteiger partial charge in [0.15, 0.2) is 5.82 Å². The van der Waals surface area contributed by atoms with E-state index in [0.29, 0.717) is 17.2 Å². The van der Waals surface area contributed by atoms with E-state index in [1.807, 2.05) is 6.07 Å².